The van der Waals surface area contributed by atoms with Gasteiger partial charge in [-0.2, -0.15) is 0 Å². The molecule has 0 aliphatic carbocycles. The van der Waals surface area contributed by atoms with Crippen LogP contribution < -0.4 is 27.4 Å². The van der Waals surface area contributed by atoms with Crippen molar-refractivity contribution < 1.29 is 14.4 Å². The number of hydrogen-bond acceptors (Lipinski definition) is 5. The molecule has 3 rings (SSSR count). The van der Waals surface area contributed by atoms with Crippen molar-refractivity contribution in [3.8, 4) is 0 Å². The van der Waals surface area contributed by atoms with Gasteiger partial charge in [0.15, 0.2) is 0 Å². The minimum absolute atomic E-state index is 0.214. The average molecular weight is 702 g/mol. The fourth-order valence-electron chi connectivity index (χ4n) is 4.50. The van der Waals surface area contributed by atoms with Crippen LogP contribution in [0.2, 0.25) is 0 Å². The smallest absolute Gasteiger partial charge is 0.243 e. The maximum atomic E-state index is 13.7. The first-order valence-corrected chi connectivity index (χ1v) is 15.7. The standard InChI is InChI=1S/C32H39Br2N5O3/c33-25-19-24(20-26(34)30(25)36)21-28(38-29(40)15-14-22-9-3-1-4-10-22)32(42)39-27(13-7-8-17-35)31(41)37-18-16-23-11-5-2-6-12-23/h1-6,9-12,19-20,27-28H,7-8,13-18,21,35-36H2,(H,37,41)(H,38,40)(H,39,42)/t27-,28+/m1/s1. The van der Waals surface area contributed by atoms with Crippen LogP contribution in [0.4, 0.5) is 5.69 Å². The number of halogens is 2. The Kier molecular flexibility index (Phi) is 14.0. The van der Waals surface area contributed by atoms with Gasteiger partial charge in [0.2, 0.25) is 17.7 Å². The van der Waals surface area contributed by atoms with Crippen LogP contribution in [-0.4, -0.2) is 42.9 Å². The zero-order valence-electron chi connectivity index (χ0n) is 23.6. The monoisotopic (exact) mass is 699 g/mol. The number of hydrogen-bond donors (Lipinski definition) is 5. The van der Waals surface area contributed by atoms with Crippen LogP contribution >= 0.6 is 31.9 Å². The Hall–Kier alpha value is -3.21. The van der Waals surface area contributed by atoms with Gasteiger partial charge in [-0.25, -0.2) is 0 Å². The predicted octanol–water partition coefficient (Wildman–Crippen LogP) is 4.43. The van der Waals surface area contributed by atoms with E-state index in [2.05, 4.69) is 47.8 Å². The molecule has 0 fully saturated rings. The summed E-state index contributed by atoms with van der Waals surface area (Å²) in [6.45, 7) is 0.941. The predicted molar refractivity (Wildman–Crippen MR) is 175 cm³/mol. The maximum absolute atomic E-state index is 13.7. The highest BCUT2D eigenvalue weighted by atomic mass is 79.9. The van der Waals surface area contributed by atoms with E-state index in [1.807, 2.05) is 72.8 Å². The molecule has 0 saturated heterocycles. The number of unbranched alkanes of at least 4 members (excludes halogenated alkanes) is 1. The molecule has 0 aliphatic heterocycles. The first-order valence-electron chi connectivity index (χ1n) is 14.2. The van der Waals surface area contributed by atoms with Crippen molar-refractivity contribution in [2.75, 3.05) is 18.8 Å². The van der Waals surface area contributed by atoms with Gasteiger partial charge in [0.25, 0.3) is 0 Å². The number of benzene rings is 3. The Morgan fingerprint density at radius 2 is 1.33 bits per heavy atom. The van der Waals surface area contributed by atoms with Crippen molar-refractivity contribution in [2.45, 2.75) is 57.0 Å². The molecule has 8 nitrogen and oxygen atoms in total. The van der Waals surface area contributed by atoms with Crippen LogP contribution in [0, 0.1) is 0 Å². The summed E-state index contributed by atoms with van der Waals surface area (Å²) >= 11 is 6.91. The van der Waals surface area contributed by atoms with Crippen molar-refractivity contribution in [1.82, 2.24) is 16.0 Å². The second-order valence-electron chi connectivity index (χ2n) is 10.2. The van der Waals surface area contributed by atoms with Crippen LogP contribution in [0.5, 0.6) is 0 Å². The molecule has 0 heterocycles. The number of anilines is 1. The average Bonchev–Trinajstić information content (AvgIpc) is 2.99. The molecular formula is C32H39Br2N5O3. The van der Waals surface area contributed by atoms with E-state index in [0.29, 0.717) is 53.4 Å². The highest BCUT2D eigenvalue weighted by Gasteiger charge is 2.27. The zero-order valence-corrected chi connectivity index (χ0v) is 26.8. The van der Waals surface area contributed by atoms with Gasteiger partial charge in [0.1, 0.15) is 12.1 Å². The number of carbonyl (C=O) groups excluding carboxylic acids is 3. The highest BCUT2D eigenvalue weighted by molar-refractivity contribution is 9.11. The molecule has 42 heavy (non-hydrogen) atoms. The Balaban J connectivity index is 1.72. The fourth-order valence-corrected chi connectivity index (χ4v) is 5.78. The summed E-state index contributed by atoms with van der Waals surface area (Å²) in [6.07, 6.45) is 3.51. The molecule has 2 atom stereocenters. The summed E-state index contributed by atoms with van der Waals surface area (Å²) in [4.78, 5) is 39.8. The van der Waals surface area contributed by atoms with Gasteiger partial charge in [-0.1, -0.05) is 60.7 Å². The molecule has 3 aromatic rings. The van der Waals surface area contributed by atoms with Gasteiger partial charge in [0.05, 0.1) is 5.69 Å². The lowest BCUT2D eigenvalue weighted by Crippen LogP contribution is -2.54. The van der Waals surface area contributed by atoms with E-state index in [1.165, 1.54) is 0 Å². The summed E-state index contributed by atoms with van der Waals surface area (Å²) in [5, 5.41) is 8.76. The molecular weight excluding hydrogens is 662 g/mol. The minimum Gasteiger partial charge on any atom is -0.397 e. The third-order valence-electron chi connectivity index (χ3n) is 6.85. The quantitative estimate of drug-likeness (QED) is 0.111. The largest absolute Gasteiger partial charge is 0.397 e. The normalized spacial score (nSPS) is 12.3. The molecule has 224 valence electrons. The molecule has 10 heteroatoms. The first-order chi connectivity index (χ1) is 20.3. The van der Waals surface area contributed by atoms with Gasteiger partial charge >= 0.3 is 0 Å². The third-order valence-corrected chi connectivity index (χ3v) is 8.16. The second kappa shape index (κ2) is 17.7. The van der Waals surface area contributed by atoms with Gasteiger partial charge in [-0.05, 0) is 99.3 Å². The Morgan fingerprint density at radius 3 is 1.93 bits per heavy atom. The molecule has 3 aromatic carbocycles. The number of nitrogens with one attached hydrogen (secondary N) is 3. The van der Waals surface area contributed by atoms with Crippen LogP contribution in [0.15, 0.2) is 81.7 Å². The number of carbonyl (C=O) groups is 3. The number of nitrogens with two attached hydrogens (primary N) is 2. The lowest BCUT2D eigenvalue weighted by Gasteiger charge is -2.24. The number of rotatable bonds is 16. The van der Waals surface area contributed by atoms with Gasteiger partial charge in [-0.15, -0.1) is 0 Å². The molecule has 3 amide bonds. The molecule has 0 spiro atoms. The third kappa shape index (κ3) is 11.2. The molecule has 0 bridgehead atoms. The van der Waals surface area contributed by atoms with Crippen LogP contribution in [0.1, 0.15) is 42.4 Å². The molecule has 0 saturated carbocycles. The van der Waals surface area contributed by atoms with Crippen LogP contribution in [0.25, 0.3) is 0 Å². The Morgan fingerprint density at radius 1 is 0.738 bits per heavy atom. The van der Waals surface area contributed by atoms with E-state index in [4.69, 9.17) is 11.5 Å². The first kappa shape index (κ1) is 33.3. The van der Waals surface area contributed by atoms with Gasteiger partial charge in [0, 0.05) is 28.3 Å². The minimum atomic E-state index is -0.898. The van der Waals surface area contributed by atoms with E-state index in [9.17, 15) is 14.4 Å². The highest BCUT2D eigenvalue weighted by Crippen LogP contribution is 2.30. The summed E-state index contributed by atoms with van der Waals surface area (Å²) in [7, 11) is 0. The number of amides is 3. The second-order valence-corrected chi connectivity index (χ2v) is 11.9. The van der Waals surface area contributed by atoms with Crippen molar-refractivity contribution in [1.29, 1.82) is 0 Å². The Labute approximate surface area is 264 Å². The lowest BCUT2D eigenvalue weighted by molar-refractivity contribution is -0.132. The zero-order chi connectivity index (χ0) is 30.3. The fraction of sp³-hybridized carbons (Fsp3) is 0.344. The van der Waals surface area contributed by atoms with Crippen molar-refractivity contribution in [3.05, 3.63) is 98.4 Å². The van der Waals surface area contributed by atoms with Crippen LogP contribution in [-0.2, 0) is 33.6 Å². The van der Waals surface area contributed by atoms with Crippen molar-refractivity contribution in [3.63, 3.8) is 0 Å². The van der Waals surface area contributed by atoms with Gasteiger partial charge < -0.3 is 27.4 Å². The molecule has 0 unspecified atom stereocenters. The van der Waals surface area contributed by atoms with E-state index in [1.54, 1.807) is 0 Å². The molecule has 0 aliphatic rings. The maximum Gasteiger partial charge on any atom is 0.243 e. The Bertz CT molecular complexity index is 1290. The van der Waals surface area contributed by atoms with Crippen molar-refractivity contribution in [2.24, 2.45) is 5.73 Å². The van der Waals surface area contributed by atoms with E-state index in [-0.39, 0.29) is 24.7 Å². The van der Waals surface area contributed by atoms with E-state index in [0.717, 1.165) is 23.1 Å². The van der Waals surface area contributed by atoms with E-state index < -0.39 is 18.0 Å². The summed E-state index contributed by atoms with van der Waals surface area (Å²) in [5.41, 5.74) is 15.2. The summed E-state index contributed by atoms with van der Waals surface area (Å²) in [6, 6.07) is 21.6. The summed E-state index contributed by atoms with van der Waals surface area (Å²) < 4.78 is 1.36. The van der Waals surface area contributed by atoms with Crippen LogP contribution in [0.3, 0.4) is 0 Å². The topological polar surface area (TPSA) is 139 Å². The van der Waals surface area contributed by atoms with E-state index >= 15 is 0 Å². The SMILES string of the molecule is NCCCC[C@@H](NC(=O)[C@H](Cc1cc(Br)c(N)c(Br)c1)NC(=O)CCc1ccccc1)C(=O)NCCc1ccccc1. The summed E-state index contributed by atoms with van der Waals surface area (Å²) in [5.74, 6) is -0.939. The molecule has 0 aromatic heterocycles. The van der Waals surface area contributed by atoms with Gasteiger partial charge in [-0.3, -0.25) is 14.4 Å². The molecule has 0 radical (unpaired) electrons. The number of nitrogen functional groups attached to an aromatic ring is 1. The molecule has 7 N–H and O–H groups in total. The van der Waals surface area contributed by atoms with Crippen molar-refractivity contribution >= 4 is 55.3 Å². The lowest BCUT2D eigenvalue weighted by atomic mass is 10.0. The number of aryl methyl sites for hydroxylation is 1.